The quantitative estimate of drug-likeness (QED) is 0.252. The SMILES string of the molecule is CN=C(NCCCN1CCC(C)CC1)NCC1(N(C)C)CCOCC1.I. The van der Waals surface area contributed by atoms with E-state index in [0.29, 0.717) is 0 Å². The molecule has 0 spiro atoms. The smallest absolute Gasteiger partial charge is 0.191 e. The first-order valence-electron chi connectivity index (χ1n) is 9.98. The number of hydrogen-bond donors (Lipinski definition) is 2. The summed E-state index contributed by atoms with van der Waals surface area (Å²) < 4.78 is 5.55. The molecule has 2 aliphatic heterocycles. The van der Waals surface area contributed by atoms with Crippen LogP contribution in [0.4, 0.5) is 0 Å². The molecule has 7 heteroatoms. The van der Waals surface area contributed by atoms with E-state index in [-0.39, 0.29) is 29.5 Å². The molecule has 2 rings (SSSR count). The van der Waals surface area contributed by atoms with Crippen molar-refractivity contribution in [3.05, 3.63) is 0 Å². The molecule has 0 radical (unpaired) electrons. The zero-order chi connectivity index (χ0) is 18.1. The van der Waals surface area contributed by atoms with Crippen LogP contribution in [0.25, 0.3) is 0 Å². The highest BCUT2D eigenvalue weighted by atomic mass is 127. The topological polar surface area (TPSA) is 52.1 Å². The van der Waals surface area contributed by atoms with E-state index in [1.54, 1.807) is 0 Å². The summed E-state index contributed by atoms with van der Waals surface area (Å²) in [6, 6.07) is 0. The van der Waals surface area contributed by atoms with Crippen molar-refractivity contribution in [2.45, 2.75) is 44.6 Å². The first-order valence-corrected chi connectivity index (χ1v) is 9.98. The maximum Gasteiger partial charge on any atom is 0.191 e. The number of piperidine rings is 1. The summed E-state index contributed by atoms with van der Waals surface area (Å²) in [5.41, 5.74) is 0.167. The third-order valence-electron chi connectivity index (χ3n) is 6.00. The molecule has 2 fully saturated rings. The summed E-state index contributed by atoms with van der Waals surface area (Å²) in [4.78, 5) is 9.33. The van der Waals surface area contributed by atoms with E-state index >= 15 is 0 Å². The van der Waals surface area contributed by atoms with Crippen LogP contribution in [-0.4, -0.2) is 88.4 Å². The second kappa shape index (κ2) is 12.4. The Labute approximate surface area is 177 Å². The van der Waals surface area contributed by atoms with Gasteiger partial charge in [0.2, 0.25) is 0 Å². The molecule has 2 aliphatic rings. The Kier molecular flexibility index (Phi) is 11.4. The van der Waals surface area contributed by atoms with Crippen LogP contribution in [0.15, 0.2) is 4.99 Å². The van der Waals surface area contributed by atoms with Crippen LogP contribution in [0.2, 0.25) is 0 Å². The number of hydrogen-bond acceptors (Lipinski definition) is 4. The van der Waals surface area contributed by atoms with Crippen LogP contribution in [0, 0.1) is 5.92 Å². The fourth-order valence-electron chi connectivity index (χ4n) is 3.80. The molecule has 26 heavy (non-hydrogen) atoms. The van der Waals surface area contributed by atoms with Crippen molar-refractivity contribution >= 4 is 29.9 Å². The molecule has 154 valence electrons. The average Bonchev–Trinajstić information content (AvgIpc) is 2.63. The Hall–Kier alpha value is -0.120. The van der Waals surface area contributed by atoms with E-state index < -0.39 is 0 Å². The molecular formula is C19H40IN5O. The normalized spacial score (nSPS) is 22.1. The lowest BCUT2D eigenvalue weighted by Crippen LogP contribution is -2.57. The third kappa shape index (κ3) is 7.48. The molecule has 2 heterocycles. The first kappa shape index (κ1) is 23.9. The second-order valence-corrected chi connectivity index (χ2v) is 7.96. The Bertz CT molecular complexity index is 405. The maximum atomic E-state index is 5.55. The highest BCUT2D eigenvalue weighted by Crippen LogP contribution is 2.25. The van der Waals surface area contributed by atoms with E-state index in [1.165, 1.54) is 38.9 Å². The number of rotatable bonds is 7. The first-order chi connectivity index (χ1) is 12.1. The zero-order valence-electron chi connectivity index (χ0n) is 17.2. The molecule has 0 atom stereocenters. The molecule has 0 unspecified atom stereocenters. The molecule has 2 saturated heterocycles. The summed E-state index contributed by atoms with van der Waals surface area (Å²) >= 11 is 0. The van der Waals surface area contributed by atoms with Gasteiger partial charge >= 0.3 is 0 Å². The molecule has 2 N–H and O–H groups in total. The number of nitrogens with zero attached hydrogens (tertiary/aromatic N) is 3. The van der Waals surface area contributed by atoms with Crippen molar-refractivity contribution in [2.24, 2.45) is 10.9 Å². The van der Waals surface area contributed by atoms with Crippen molar-refractivity contribution in [2.75, 3.05) is 67.1 Å². The maximum absolute atomic E-state index is 5.55. The number of nitrogens with one attached hydrogen (secondary N) is 2. The fourth-order valence-corrected chi connectivity index (χ4v) is 3.80. The largest absolute Gasteiger partial charge is 0.381 e. The van der Waals surface area contributed by atoms with Crippen molar-refractivity contribution < 1.29 is 4.74 Å². The summed E-state index contributed by atoms with van der Waals surface area (Å²) in [7, 11) is 6.19. The van der Waals surface area contributed by atoms with Gasteiger partial charge in [-0.15, -0.1) is 24.0 Å². The van der Waals surface area contributed by atoms with Crippen molar-refractivity contribution in [1.82, 2.24) is 20.4 Å². The monoisotopic (exact) mass is 481 g/mol. The van der Waals surface area contributed by atoms with Gasteiger partial charge in [0, 0.05) is 38.9 Å². The molecule has 0 aromatic heterocycles. The van der Waals surface area contributed by atoms with Gasteiger partial charge in [0.25, 0.3) is 0 Å². The number of aliphatic imine (C=N–C) groups is 1. The highest BCUT2D eigenvalue weighted by molar-refractivity contribution is 14.0. The highest BCUT2D eigenvalue weighted by Gasteiger charge is 2.34. The van der Waals surface area contributed by atoms with Gasteiger partial charge in [-0.1, -0.05) is 6.92 Å². The minimum Gasteiger partial charge on any atom is -0.381 e. The Morgan fingerprint density at radius 1 is 1.19 bits per heavy atom. The predicted octanol–water partition coefficient (Wildman–Crippen LogP) is 2.00. The van der Waals surface area contributed by atoms with Gasteiger partial charge in [0.15, 0.2) is 5.96 Å². The molecule has 6 nitrogen and oxygen atoms in total. The minimum absolute atomic E-state index is 0. The number of guanidine groups is 1. The summed E-state index contributed by atoms with van der Waals surface area (Å²) in [6.07, 6.45) is 6.01. The van der Waals surface area contributed by atoms with E-state index in [4.69, 9.17) is 4.74 Å². The van der Waals surface area contributed by atoms with E-state index in [1.807, 2.05) is 7.05 Å². The van der Waals surface area contributed by atoms with Gasteiger partial charge < -0.3 is 25.2 Å². The fraction of sp³-hybridized carbons (Fsp3) is 0.947. The van der Waals surface area contributed by atoms with Crippen LogP contribution in [0.1, 0.15) is 39.0 Å². The van der Waals surface area contributed by atoms with Crippen molar-refractivity contribution in [1.29, 1.82) is 0 Å². The van der Waals surface area contributed by atoms with E-state index in [9.17, 15) is 0 Å². The van der Waals surface area contributed by atoms with Crippen LogP contribution in [-0.2, 0) is 4.74 Å². The number of halogens is 1. The zero-order valence-corrected chi connectivity index (χ0v) is 19.6. The van der Waals surface area contributed by atoms with Crippen LogP contribution < -0.4 is 10.6 Å². The van der Waals surface area contributed by atoms with Crippen molar-refractivity contribution in [3.63, 3.8) is 0 Å². The molecule has 0 aliphatic carbocycles. The summed E-state index contributed by atoms with van der Waals surface area (Å²) in [5, 5.41) is 7.01. The summed E-state index contributed by atoms with van der Waals surface area (Å²) in [6.45, 7) is 9.67. The lowest BCUT2D eigenvalue weighted by Gasteiger charge is -2.43. The van der Waals surface area contributed by atoms with E-state index in [0.717, 1.165) is 51.0 Å². The number of likely N-dealkylation sites (N-methyl/N-ethyl adjacent to an activating group) is 1. The Morgan fingerprint density at radius 2 is 1.85 bits per heavy atom. The second-order valence-electron chi connectivity index (χ2n) is 7.96. The van der Waals surface area contributed by atoms with Gasteiger partial charge in [-0.2, -0.15) is 0 Å². The van der Waals surface area contributed by atoms with Gasteiger partial charge in [-0.3, -0.25) is 4.99 Å². The average molecular weight is 481 g/mol. The van der Waals surface area contributed by atoms with Crippen molar-refractivity contribution in [3.8, 4) is 0 Å². The van der Waals surface area contributed by atoms with Crippen LogP contribution in [0.5, 0.6) is 0 Å². The number of likely N-dealkylation sites (tertiary alicyclic amines) is 1. The summed E-state index contributed by atoms with van der Waals surface area (Å²) in [5.74, 6) is 1.83. The third-order valence-corrected chi connectivity index (χ3v) is 6.00. The molecule has 0 saturated carbocycles. The molecule has 0 bridgehead atoms. The lowest BCUT2D eigenvalue weighted by molar-refractivity contribution is -0.00501. The van der Waals surface area contributed by atoms with Crippen LogP contribution in [0.3, 0.4) is 0 Å². The Morgan fingerprint density at radius 3 is 2.42 bits per heavy atom. The minimum atomic E-state index is 0. The van der Waals surface area contributed by atoms with Gasteiger partial charge in [-0.25, -0.2) is 0 Å². The Balaban J connectivity index is 0.00000338. The molecular weight excluding hydrogens is 441 g/mol. The van der Waals surface area contributed by atoms with E-state index in [2.05, 4.69) is 46.4 Å². The van der Waals surface area contributed by atoms with Gasteiger partial charge in [0.05, 0.1) is 0 Å². The lowest BCUT2D eigenvalue weighted by atomic mass is 9.88. The van der Waals surface area contributed by atoms with Gasteiger partial charge in [0.1, 0.15) is 0 Å². The number of ether oxygens (including phenoxy) is 1. The molecule has 0 amide bonds. The standard InChI is InChI=1S/C19H39N5O.HI/c1-17-6-12-24(13-7-17)11-5-10-21-18(20-2)22-16-19(23(3)4)8-14-25-15-9-19;/h17H,5-16H2,1-4H3,(H2,20,21,22);1H. The molecule has 0 aromatic carbocycles. The van der Waals surface area contributed by atoms with Gasteiger partial charge in [-0.05, 0) is 71.8 Å². The molecule has 0 aromatic rings. The predicted molar refractivity (Wildman–Crippen MR) is 121 cm³/mol. The van der Waals surface area contributed by atoms with Crippen LogP contribution >= 0.6 is 24.0 Å².